The molecule has 0 radical (unpaired) electrons. The first-order valence-corrected chi connectivity index (χ1v) is 7.02. The van der Waals surface area contributed by atoms with Gasteiger partial charge in [0.15, 0.2) is 0 Å². The average Bonchev–Trinajstić information content (AvgIpc) is 2.48. The lowest BCUT2D eigenvalue weighted by Crippen LogP contribution is -2.47. The molecule has 0 saturated heterocycles. The van der Waals surface area contributed by atoms with Crippen LogP contribution >= 0.6 is 24.8 Å². The molecule has 122 valence electrons. The third-order valence-electron chi connectivity index (χ3n) is 3.95. The number of rotatable bonds is 7. The Morgan fingerprint density at radius 2 is 1.86 bits per heavy atom. The van der Waals surface area contributed by atoms with Crippen LogP contribution in [-0.4, -0.2) is 28.9 Å². The Labute approximate surface area is 140 Å². The Morgan fingerprint density at radius 1 is 1.24 bits per heavy atom. The summed E-state index contributed by atoms with van der Waals surface area (Å²) in [7, 11) is 0. The fourth-order valence-electron chi connectivity index (χ4n) is 2.28. The van der Waals surface area contributed by atoms with Crippen molar-refractivity contribution in [3.8, 4) is 0 Å². The third-order valence-corrected chi connectivity index (χ3v) is 3.95. The predicted molar refractivity (Wildman–Crippen MR) is 91.9 cm³/mol. The summed E-state index contributed by atoms with van der Waals surface area (Å²) >= 11 is 0. The van der Waals surface area contributed by atoms with E-state index >= 15 is 0 Å². The van der Waals surface area contributed by atoms with Crippen molar-refractivity contribution in [1.82, 2.24) is 9.88 Å². The van der Waals surface area contributed by atoms with Crippen LogP contribution in [0.25, 0.3) is 0 Å². The SMILES string of the molecule is CCN(Cc1ccccn1)C(=O)C(CC)(CC)CN.Cl.Cl. The fraction of sp³-hybridized carbons (Fsp3) is 0.600. The summed E-state index contributed by atoms with van der Waals surface area (Å²) < 4.78 is 0. The van der Waals surface area contributed by atoms with Crippen molar-refractivity contribution >= 4 is 30.7 Å². The summed E-state index contributed by atoms with van der Waals surface area (Å²) in [6.07, 6.45) is 3.30. The minimum atomic E-state index is -0.426. The molecule has 1 aromatic rings. The third kappa shape index (κ3) is 5.46. The molecule has 0 saturated carbocycles. The van der Waals surface area contributed by atoms with Gasteiger partial charge in [-0.3, -0.25) is 9.78 Å². The van der Waals surface area contributed by atoms with Crippen molar-refractivity contribution in [1.29, 1.82) is 0 Å². The van der Waals surface area contributed by atoms with E-state index < -0.39 is 5.41 Å². The Morgan fingerprint density at radius 3 is 2.24 bits per heavy atom. The molecule has 0 unspecified atom stereocenters. The summed E-state index contributed by atoms with van der Waals surface area (Å²) in [5.74, 6) is 0.146. The highest BCUT2D eigenvalue weighted by Gasteiger charge is 2.36. The Kier molecular flexibility index (Phi) is 11.6. The fourth-order valence-corrected chi connectivity index (χ4v) is 2.28. The molecule has 1 heterocycles. The van der Waals surface area contributed by atoms with Crippen molar-refractivity contribution in [2.45, 2.75) is 40.2 Å². The summed E-state index contributed by atoms with van der Waals surface area (Å²) in [5.41, 5.74) is 6.34. The van der Waals surface area contributed by atoms with Gasteiger partial charge in [0, 0.05) is 19.3 Å². The number of nitrogens with zero attached hydrogens (tertiary/aromatic N) is 2. The maximum absolute atomic E-state index is 12.7. The van der Waals surface area contributed by atoms with Gasteiger partial charge in [0.2, 0.25) is 5.91 Å². The minimum absolute atomic E-state index is 0. The molecule has 0 atom stereocenters. The number of halogens is 2. The summed E-state index contributed by atoms with van der Waals surface area (Å²) in [6.45, 7) is 7.69. The zero-order valence-corrected chi connectivity index (χ0v) is 14.7. The molecule has 0 aliphatic rings. The molecule has 0 fully saturated rings. The van der Waals surface area contributed by atoms with E-state index in [9.17, 15) is 4.79 Å². The van der Waals surface area contributed by atoms with Crippen LogP contribution in [-0.2, 0) is 11.3 Å². The van der Waals surface area contributed by atoms with Crippen molar-refractivity contribution in [2.24, 2.45) is 11.1 Å². The van der Waals surface area contributed by atoms with Gasteiger partial charge in [-0.1, -0.05) is 19.9 Å². The summed E-state index contributed by atoms with van der Waals surface area (Å²) in [4.78, 5) is 18.8. The number of amides is 1. The second-order valence-electron chi connectivity index (χ2n) is 4.83. The van der Waals surface area contributed by atoms with Gasteiger partial charge in [0.1, 0.15) is 0 Å². The van der Waals surface area contributed by atoms with Crippen LogP contribution in [0.5, 0.6) is 0 Å². The first kappa shape index (κ1) is 22.4. The number of hydrogen-bond acceptors (Lipinski definition) is 3. The standard InChI is InChI=1S/C15H25N3O.2ClH/c1-4-15(5-2,12-16)14(19)18(6-3)11-13-9-7-8-10-17-13;;/h7-10H,4-6,11-12,16H2,1-3H3;2*1H. The Balaban J connectivity index is 0. The molecule has 0 spiro atoms. The van der Waals surface area contributed by atoms with Crippen molar-refractivity contribution in [3.05, 3.63) is 30.1 Å². The molecule has 0 aromatic carbocycles. The van der Waals surface area contributed by atoms with Crippen LogP contribution in [0.15, 0.2) is 24.4 Å². The molecule has 1 rings (SSSR count). The van der Waals surface area contributed by atoms with Crippen LogP contribution in [0.1, 0.15) is 39.3 Å². The zero-order chi connectivity index (χ0) is 14.3. The minimum Gasteiger partial charge on any atom is -0.337 e. The van der Waals surface area contributed by atoms with E-state index in [1.54, 1.807) is 6.20 Å². The largest absolute Gasteiger partial charge is 0.337 e. The number of nitrogens with two attached hydrogens (primary N) is 1. The van der Waals surface area contributed by atoms with Gasteiger partial charge in [-0.25, -0.2) is 0 Å². The average molecular weight is 336 g/mol. The predicted octanol–water partition coefficient (Wildman–Crippen LogP) is 3.04. The van der Waals surface area contributed by atoms with E-state index in [1.807, 2.05) is 43.9 Å². The Hall–Kier alpha value is -0.840. The summed E-state index contributed by atoms with van der Waals surface area (Å²) in [5, 5.41) is 0. The second kappa shape index (κ2) is 10.8. The van der Waals surface area contributed by atoms with Gasteiger partial charge in [0.05, 0.1) is 17.7 Å². The number of aromatic nitrogens is 1. The van der Waals surface area contributed by atoms with Crippen LogP contribution in [0.3, 0.4) is 0 Å². The number of carbonyl (C=O) groups excluding carboxylic acids is 1. The maximum atomic E-state index is 12.7. The topological polar surface area (TPSA) is 59.2 Å². The smallest absolute Gasteiger partial charge is 0.230 e. The first-order valence-electron chi connectivity index (χ1n) is 7.02. The second-order valence-corrected chi connectivity index (χ2v) is 4.83. The van der Waals surface area contributed by atoms with Crippen molar-refractivity contribution < 1.29 is 4.79 Å². The van der Waals surface area contributed by atoms with Gasteiger partial charge in [-0.2, -0.15) is 0 Å². The maximum Gasteiger partial charge on any atom is 0.230 e. The van der Waals surface area contributed by atoms with E-state index in [2.05, 4.69) is 4.98 Å². The number of pyridine rings is 1. The molecule has 0 aliphatic carbocycles. The highest BCUT2D eigenvalue weighted by atomic mass is 35.5. The van der Waals surface area contributed by atoms with Gasteiger partial charge < -0.3 is 10.6 Å². The zero-order valence-electron chi connectivity index (χ0n) is 13.0. The van der Waals surface area contributed by atoms with Gasteiger partial charge in [-0.15, -0.1) is 24.8 Å². The highest BCUT2D eigenvalue weighted by molar-refractivity contribution is 5.85. The molecular weight excluding hydrogens is 309 g/mol. The van der Waals surface area contributed by atoms with Crippen molar-refractivity contribution in [2.75, 3.05) is 13.1 Å². The molecule has 1 amide bonds. The molecule has 6 heteroatoms. The van der Waals surface area contributed by atoms with E-state index in [4.69, 9.17) is 5.73 Å². The van der Waals surface area contributed by atoms with E-state index in [0.29, 0.717) is 19.6 Å². The molecule has 0 aliphatic heterocycles. The van der Waals surface area contributed by atoms with Gasteiger partial charge in [0.25, 0.3) is 0 Å². The molecule has 0 bridgehead atoms. The molecular formula is C15H27Cl2N3O. The monoisotopic (exact) mass is 335 g/mol. The van der Waals surface area contributed by atoms with Crippen LogP contribution in [0.4, 0.5) is 0 Å². The quantitative estimate of drug-likeness (QED) is 0.833. The number of carbonyl (C=O) groups is 1. The number of hydrogen-bond donors (Lipinski definition) is 1. The molecule has 4 nitrogen and oxygen atoms in total. The van der Waals surface area contributed by atoms with Crippen molar-refractivity contribution in [3.63, 3.8) is 0 Å². The first-order chi connectivity index (χ1) is 9.13. The van der Waals surface area contributed by atoms with Gasteiger partial charge in [-0.05, 0) is 31.9 Å². The summed E-state index contributed by atoms with van der Waals surface area (Å²) in [6, 6.07) is 5.76. The van der Waals surface area contributed by atoms with E-state index in [0.717, 1.165) is 18.5 Å². The van der Waals surface area contributed by atoms with Crippen LogP contribution < -0.4 is 5.73 Å². The van der Waals surface area contributed by atoms with Crippen LogP contribution in [0.2, 0.25) is 0 Å². The lowest BCUT2D eigenvalue weighted by Gasteiger charge is -2.34. The normalized spacial score (nSPS) is 10.3. The molecule has 21 heavy (non-hydrogen) atoms. The van der Waals surface area contributed by atoms with E-state index in [1.165, 1.54) is 0 Å². The Bertz CT molecular complexity index is 389. The molecule has 1 aromatic heterocycles. The van der Waals surface area contributed by atoms with E-state index in [-0.39, 0.29) is 30.7 Å². The van der Waals surface area contributed by atoms with Crippen LogP contribution in [0, 0.1) is 5.41 Å². The lowest BCUT2D eigenvalue weighted by atomic mass is 9.81. The molecule has 2 N–H and O–H groups in total. The highest BCUT2D eigenvalue weighted by Crippen LogP contribution is 2.28. The van der Waals surface area contributed by atoms with Gasteiger partial charge >= 0.3 is 0 Å². The lowest BCUT2D eigenvalue weighted by molar-refractivity contribution is -0.142.